The van der Waals surface area contributed by atoms with Crippen molar-refractivity contribution in [2.45, 2.75) is 17.3 Å². The van der Waals surface area contributed by atoms with Crippen LogP contribution in [0.2, 0.25) is 0 Å². The van der Waals surface area contributed by atoms with Gasteiger partial charge in [0.25, 0.3) is 10.0 Å². The molecule has 1 atom stereocenters. The molecule has 0 saturated heterocycles. The van der Waals surface area contributed by atoms with Crippen molar-refractivity contribution in [1.29, 1.82) is 0 Å². The maximum Gasteiger partial charge on any atom is 0.490 e. The third kappa shape index (κ3) is 4.34. The van der Waals surface area contributed by atoms with Crippen LogP contribution < -0.4 is 10.5 Å². The Morgan fingerprint density at radius 1 is 1.09 bits per heavy atom. The quantitative estimate of drug-likeness (QED) is 0.334. The summed E-state index contributed by atoms with van der Waals surface area (Å²) < 4.78 is 74.3. The molecule has 0 fully saturated rings. The molecule has 12 heteroatoms. The number of nitrogens with two attached hydrogens (primary N) is 1. The summed E-state index contributed by atoms with van der Waals surface area (Å²) in [6, 6.07) is 14.3. The first-order valence-corrected chi connectivity index (χ1v) is 10.9. The van der Waals surface area contributed by atoms with Crippen LogP contribution in [0.15, 0.2) is 71.9 Å². The molecule has 2 N–H and O–H groups in total. The fourth-order valence-corrected chi connectivity index (χ4v) is 4.77. The van der Waals surface area contributed by atoms with Crippen molar-refractivity contribution in [2.24, 2.45) is 5.73 Å². The largest absolute Gasteiger partial charge is 0.490 e. The maximum absolute atomic E-state index is 13.4. The van der Waals surface area contributed by atoms with Crippen molar-refractivity contribution in [1.82, 2.24) is 8.96 Å². The third-order valence-corrected chi connectivity index (χ3v) is 6.40. The molecule has 0 amide bonds. The lowest BCUT2D eigenvalue weighted by Gasteiger charge is -2.16. The van der Waals surface area contributed by atoms with Gasteiger partial charge in [-0.1, -0.05) is 24.3 Å². The van der Waals surface area contributed by atoms with Crippen LogP contribution in [0, 0.1) is 0 Å². The Bertz CT molecular complexity index is 1450. The monoisotopic (exact) mass is 479 g/mol. The van der Waals surface area contributed by atoms with Crippen molar-refractivity contribution in [3.8, 4) is 5.75 Å². The lowest BCUT2D eigenvalue weighted by atomic mass is 10.2. The second kappa shape index (κ2) is 8.37. The van der Waals surface area contributed by atoms with E-state index in [0.717, 1.165) is 3.97 Å². The first-order chi connectivity index (χ1) is 15.6. The number of rotatable bonds is 6. The summed E-state index contributed by atoms with van der Waals surface area (Å²) >= 11 is 0. The predicted molar refractivity (Wildman–Crippen MR) is 112 cm³/mol. The van der Waals surface area contributed by atoms with Gasteiger partial charge in [0, 0.05) is 23.2 Å². The average molecular weight is 479 g/mol. The number of esters is 1. The molecule has 2 heterocycles. The van der Waals surface area contributed by atoms with Crippen LogP contribution in [0.25, 0.3) is 21.8 Å². The number of benzene rings is 2. The summed E-state index contributed by atoms with van der Waals surface area (Å²) in [7, 11) is -4.05. The highest BCUT2D eigenvalue weighted by atomic mass is 32.2. The fraction of sp³-hybridized carbons (Fsp3) is 0.143. The minimum absolute atomic E-state index is 0.00510. The molecule has 0 bridgehead atoms. The summed E-state index contributed by atoms with van der Waals surface area (Å²) in [6.45, 7) is -0.577. The fourth-order valence-electron chi connectivity index (χ4n) is 3.25. The zero-order chi connectivity index (χ0) is 23.8. The van der Waals surface area contributed by atoms with Gasteiger partial charge in [-0.2, -0.15) is 13.2 Å². The van der Waals surface area contributed by atoms with Gasteiger partial charge in [0.15, 0.2) is 6.23 Å². The number of pyridine rings is 1. The molecule has 0 saturated carbocycles. The number of alkyl halides is 3. The van der Waals surface area contributed by atoms with Gasteiger partial charge in [0.1, 0.15) is 17.3 Å². The van der Waals surface area contributed by atoms with E-state index in [1.807, 2.05) is 0 Å². The molecule has 2 aromatic heterocycles. The Balaban J connectivity index is 1.64. The number of aromatic nitrogens is 2. The van der Waals surface area contributed by atoms with Crippen LogP contribution in [-0.2, 0) is 19.6 Å². The lowest BCUT2D eigenvalue weighted by molar-refractivity contribution is -0.205. The Morgan fingerprint density at radius 3 is 2.58 bits per heavy atom. The zero-order valence-electron chi connectivity index (χ0n) is 16.7. The highest BCUT2D eigenvalue weighted by molar-refractivity contribution is 7.90. The highest BCUT2D eigenvalue weighted by Gasteiger charge is 2.42. The van der Waals surface area contributed by atoms with E-state index in [2.05, 4.69) is 9.72 Å². The van der Waals surface area contributed by atoms with E-state index in [-0.39, 0.29) is 16.2 Å². The molecule has 0 aliphatic carbocycles. The molecule has 8 nitrogen and oxygen atoms in total. The molecule has 1 unspecified atom stereocenters. The molecule has 0 spiro atoms. The molecule has 2 aromatic carbocycles. The molecule has 4 aromatic rings. The first kappa shape index (κ1) is 22.6. The number of ether oxygens (including phenoxy) is 2. The van der Waals surface area contributed by atoms with E-state index in [0.29, 0.717) is 16.3 Å². The van der Waals surface area contributed by atoms with E-state index < -0.39 is 35.0 Å². The number of carbonyl (C=O) groups is 1. The van der Waals surface area contributed by atoms with E-state index in [9.17, 15) is 26.4 Å². The summed E-state index contributed by atoms with van der Waals surface area (Å²) in [6.07, 6.45) is -4.03. The minimum atomic E-state index is -5.18. The van der Waals surface area contributed by atoms with Crippen molar-refractivity contribution in [3.05, 3.63) is 67.0 Å². The molecule has 172 valence electrons. The third-order valence-electron chi connectivity index (χ3n) is 4.68. The lowest BCUT2D eigenvalue weighted by Crippen LogP contribution is -2.38. The first-order valence-electron chi connectivity index (χ1n) is 9.44. The summed E-state index contributed by atoms with van der Waals surface area (Å²) in [5.74, 6) is -2.28. The Labute approximate surface area is 185 Å². The van der Waals surface area contributed by atoms with Gasteiger partial charge in [-0.05, 0) is 30.3 Å². The van der Waals surface area contributed by atoms with Gasteiger partial charge in [0.05, 0.1) is 11.0 Å². The summed E-state index contributed by atoms with van der Waals surface area (Å²) in [5, 5.41) is 1.02. The number of carbonyl (C=O) groups excluding carboxylic acids is 1. The topological polar surface area (TPSA) is 114 Å². The Kier molecular flexibility index (Phi) is 5.72. The number of hydrogen-bond acceptors (Lipinski definition) is 7. The number of fused-ring (bicyclic) bond motifs is 2. The van der Waals surface area contributed by atoms with Gasteiger partial charge in [-0.15, -0.1) is 0 Å². The molecule has 0 radical (unpaired) electrons. The van der Waals surface area contributed by atoms with E-state index in [1.54, 1.807) is 30.3 Å². The van der Waals surface area contributed by atoms with E-state index in [4.69, 9.17) is 10.5 Å². The molecule has 33 heavy (non-hydrogen) atoms. The van der Waals surface area contributed by atoms with E-state index >= 15 is 0 Å². The van der Waals surface area contributed by atoms with Gasteiger partial charge in [-0.25, -0.2) is 17.2 Å². The van der Waals surface area contributed by atoms with Gasteiger partial charge in [-0.3, -0.25) is 10.7 Å². The van der Waals surface area contributed by atoms with Gasteiger partial charge < -0.3 is 9.47 Å². The Hall–Kier alpha value is -3.64. The van der Waals surface area contributed by atoms with Crippen LogP contribution >= 0.6 is 0 Å². The standard InChI is InChI=1S/C21H16F3N3O5S/c22-21(23,24)20(28)32-18(25)12-31-16-7-2-6-15-14(16)9-11-27(15)33(29,30)17-8-1-4-13-5-3-10-26-19(13)17/h1-11,18H,12,25H2. The Morgan fingerprint density at radius 2 is 1.82 bits per heavy atom. The smallest absolute Gasteiger partial charge is 0.488 e. The number of halogens is 3. The maximum atomic E-state index is 13.4. The normalized spacial score (nSPS) is 13.2. The number of nitrogens with zero attached hydrogens (tertiary/aromatic N) is 2. The van der Waals surface area contributed by atoms with Crippen molar-refractivity contribution < 1.29 is 35.9 Å². The highest BCUT2D eigenvalue weighted by Crippen LogP contribution is 2.31. The number of para-hydroxylation sites is 1. The van der Waals surface area contributed by atoms with Crippen LogP contribution in [0.5, 0.6) is 5.75 Å². The minimum Gasteiger partial charge on any atom is -0.488 e. The molecule has 4 rings (SSSR count). The van der Waals surface area contributed by atoms with Crippen LogP contribution in [0.4, 0.5) is 13.2 Å². The van der Waals surface area contributed by atoms with E-state index in [1.165, 1.54) is 36.7 Å². The molecular weight excluding hydrogens is 463 g/mol. The zero-order valence-corrected chi connectivity index (χ0v) is 17.5. The van der Waals surface area contributed by atoms with Crippen molar-refractivity contribution in [3.63, 3.8) is 0 Å². The summed E-state index contributed by atoms with van der Waals surface area (Å²) in [5.41, 5.74) is 5.97. The van der Waals surface area contributed by atoms with Crippen molar-refractivity contribution in [2.75, 3.05) is 6.61 Å². The second-order valence-corrected chi connectivity index (χ2v) is 8.67. The average Bonchev–Trinajstić information content (AvgIpc) is 3.22. The van der Waals surface area contributed by atoms with Gasteiger partial charge in [0.2, 0.25) is 0 Å². The SMILES string of the molecule is NC(COc1cccc2c1ccn2S(=O)(=O)c1cccc2cccnc12)OC(=O)C(F)(F)F. The molecular formula is C21H16F3N3O5S. The molecule has 0 aliphatic heterocycles. The molecule has 0 aliphatic rings. The van der Waals surface area contributed by atoms with Crippen LogP contribution in [-0.4, -0.2) is 42.4 Å². The van der Waals surface area contributed by atoms with Gasteiger partial charge >= 0.3 is 12.1 Å². The predicted octanol–water partition coefficient (Wildman–Crippen LogP) is 3.20. The van der Waals surface area contributed by atoms with Crippen LogP contribution in [0.1, 0.15) is 0 Å². The van der Waals surface area contributed by atoms with Crippen molar-refractivity contribution >= 4 is 37.8 Å². The summed E-state index contributed by atoms with van der Waals surface area (Å²) in [4.78, 5) is 15.1. The number of hydrogen-bond donors (Lipinski definition) is 1. The van der Waals surface area contributed by atoms with Crippen LogP contribution in [0.3, 0.4) is 0 Å². The second-order valence-electron chi connectivity index (χ2n) is 6.89.